The van der Waals surface area contributed by atoms with E-state index in [0.29, 0.717) is 0 Å². The van der Waals surface area contributed by atoms with E-state index in [1.807, 2.05) is 0 Å². The van der Waals surface area contributed by atoms with Crippen LogP contribution in [0.1, 0.15) is 5.69 Å². The lowest BCUT2D eigenvalue weighted by Crippen LogP contribution is -2.03. The highest BCUT2D eigenvalue weighted by Crippen LogP contribution is 2.30. The summed E-state index contributed by atoms with van der Waals surface area (Å²) >= 11 is 6.92. The number of nitro groups is 1. The molecular formula is C10H7ClFN3O2S. The van der Waals surface area contributed by atoms with Crippen molar-refractivity contribution >= 4 is 34.3 Å². The molecule has 0 radical (unpaired) electrons. The predicted octanol–water partition coefficient (Wildman–Crippen LogP) is 3.46. The summed E-state index contributed by atoms with van der Waals surface area (Å²) in [4.78, 5) is 14.2. The Morgan fingerprint density at radius 3 is 2.94 bits per heavy atom. The molecule has 1 heterocycles. The molecular weight excluding hydrogens is 281 g/mol. The van der Waals surface area contributed by atoms with E-state index in [1.54, 1.807) is 10.9 Å². The smallest absolute Gasteiger partial charge is 0.294 e. The molecule has 2 rings (SSSR count). The summed E-state index contributed by atoms with van der Waals surface area (Å²) in [6.07, 6.45) is 0. The molecule has 1 N–H and O–H groups in total. The molecule has 0 saturated carbocycles. The summed E-state index contributed by atoms with van der Waals surface area (Å²) in [6, 6.07) is 1.99. The molecule has 0 atom stereocenters. The third kappa shape index (κ3) is 2.74. The Balaban J connectivity index is 2.25. The fraction of sp³-hybridized carbons (Fsp3) is 0.100. The molecule has 0 aliphatic carbocycles. The van der Waals surface area contributed by atoms with Crippen LogP contribution in [0.4, 0.5) is 15.8 Å². The number of hydrogen-bond donors (Lipinski definition) is 1. The van der Waals surface area contributed by atoms with Gasteiger partial charge in [-0.15, -0.1) is 11.3 Å². The lowest BCUT2D eigenvalue weighted by Gasteiger charge is -2.06. The number of aromatic nitrogens is 1. The zero-order valence-electron chi connectivity index (χ0n) is 8.89. The first-order chi connectivity index (χ1) is 8.58. The van der Waals surface area contributed by atoms with E-state index in [1.165, 1.54) is 11.3 Å². The van der Waals surface area contributed by atoms with Gasteiger partial charge in [-0.1, -0.05) is 11.6 Å². The highest BCUT2D eigenvalue weighted by molar-refractivity contribution is 7.07. The van der Waals surface area contributed by atoms with E-state index in [4.69, 9.17) is 11.6 Å². The van der Waals surface area contributed by atoms with E-state index in [9.17, 15) is 14.5 Å². The predicted molar refractivity (Wildman–Crippen MR) is 67.5 cm³/mol. The van der Waals surface area contributed by atoms with Gasteiger partial charge >= 0.3 is 0 Å². The molecule has 94 valence electrons. The highest BCUT2D eigenvalue weighted by atomic mass is 35.5. The van der Waals surface area contributed by atoms with Gasteiger partial charge in [-0.2, -0.15) is 0 Å². The summed E-state index contributed by atoms with van der Waals surface area (Å²) in [5.41, 5.74) is 2.18. The van der Waals surface area contributed by atoms with Gasteiger partial charge in [0.1, 0.15) is 11.5 Å². The molecule has 0 amide bonds. The number of anilines is 1. The SMILES string of the molecule is O=[N+]([O-])c1cc(Cl)c(F)cc1NCc1cscn1. The highest BCUT2D eigenvalue weighted by Gasteiger charge is 2.17. The van der Waals surface area contributed by atoms with Crippen LogP contribution in [0.2, 0.25) is 5.02 Å². The second-order valence-corrected chi connectivity index (χ2v) is 4.50. The molecule has 0 spiro atoms. The number of thiazole rings is 1. The van der Waals surface area contributed by atoms with Crippen LogP contribution >= 0.6 is 22.9 Å². The molecule has 0 aliphatic rings. The largest absolute Gasteiger partial charge is 0.374 e. The summed E-state index contributed by atoms with van der Waals surface area (Å²) in [5, 5.41) is 15.1. The topological polar surface area (TPSA) is 68.1 Å². The van der Waals surface area contributed by atoms with E-state index >= 15 is 0 Å². The van der Waals surface area contributed by atoms with Crippen molar-refractivity contribution in [2.24, 2.45) is 0 Å². The Bertz CT molecular complexity index is 577. The van der Waals surface area contributed by atoms with Crippen molar-refractivity contribution in [3.8, 4) is 0 Å². The maximum absolute atomic E-state index is 13.3. The first-order valence-electron chi connectivity index (χ1n) is 4.82. The van der Waals surface area contributed by atoms with Crippen molar-refractivity contribution in [3.05, 3.63) is 49.7 Å². The van der Waals surface area contributed by atoms with Crippen molar-refractivity contribution in [3.63, 3.8) is 0 Å². The van der Waals surface area contributed by atoms with Gasteiger partial charge < -0.3 is 5.32 Å². The molecule has 2 aromatic rings. The standard InChI is InChI=1S/C10H7ClFN3O2S/c11-7-1-10(15(16)17)9(2-8(7)12)13-3-6-4-18-5-14-6/h1-2,4-5,13H,3H2. The minimum Gasteiger partial charge on any atom is -0.374 e. The number of benzene rings is 1. The normalized spacial score (nSPS) is 10.3. The van der Waals surface area contributed by atoms with Gasteiger partial charge in [0.15, 0.2) is 0 Å². The van der Waals surface area contributed by atoms with E-state index in [2.05, 4.69) is 10.3 Å². The van der Waals surface area contributed by atoms with Crippen molar-refractivity contribution in [2.45, 2.75) is 6.54 Å². The van der Waals surface area contributed by atoms with Crippen molar-refractivity contribution in [1.29, 1.82) is 0 Å². The zero-order chi connectivity index (χ0) is 13.1. The number of nitro benzene ring substituents is 1. The fourth-order valence-electron chi connectivity index (χ4n) is 1.34. The fourth-order valence-corrected chi connectivity index (χ4v) is 2.06. The van der Waals surface area contributed by atoms with E-state index in [0.717, 1.165) is 17.8 Å². The van der Waals surface area contributed by atoms with Gasteiger partial charge in [0.25, 0.3) is 5.69 Å². The first kappa shape index (κ1) is 12.7. The maximum atomic E-state index is 13.3. The monoisotopic (exact) mass is 287 g/mol. The van der Waals surface area contributed by atoms with Gasteiger partial charge in [-0.3, -0.25) is 10.1 Å². The van der Waals surface area contributed by atoms with Crippen LogP contribution in [0.5, 0.6) is 0 Å². The van der Waals surface area contributed by atoms with Gasteiger partial charge in [-0.25, -0.2) is 9.37 Å². The molecule has 8 heteroatoms. The van der Waals surface area contributed by atoms with Crippen molar-refractivity contribution < 1.29 is 9.31 Å². The van der Waals surface area contributed by atoms with E-state index in [-0.39, 0.29) is 22.9 Å². The molecule has 0 aliphatic heterocycles. The Morgan fingerprint density at radius 1 is 1.56 bits per heavy atom. The molecule has 1 aromatic carbocycles. The second kappa shape index (κ2) is 5.28. The average molecular weight is 288 g/mol. The Kier molecular flexibility index (Phi) is 3.73. The first-order valence-corrected chi connectivity index (χ1v) is 6.14. The lowest BCUT2D eigenvalue weighted by atomic mass is 10.2. The molecule has 1 aromatic heterocycles. The lowest BCUT2D eigenvalue weighted by molar-refractivity contribution is -0.384. The maximum Gasteiger partial charge on any atom is 0.294 e. The number of nitrogens with one attached hydrogen (secondary N) is 1. The number of nitrogens with zero attached hydrogens (tertiary/aromatic N) is 2. The second-order valence-electron chi connectivity index (χ2n) is 3.37. The number of halogens is 2. The van der Waals surface area contributed by atoms with Crippen LogP contribution in [0.15, 0.2) is 23.0 Å². The van der Waals surface area contributed by atoms with Crippen LogP contribution in [0, 0.1) is 15.9 Å². The molecule has 5 nitrogen and oxygen atoms in total. The van der Waals surface area contributed by atoms with Crippen molar-refractivity contribution in [2.75, 3.05) is 5.32 Å². The molecule has 0 unspecified atom stereocenters. The zero-order valence-corrected chi connectivity index (χ0v) is 10.5. The van der Waals surface area contributed by atoms with Crippen LogP contribution in [0.25, 0.3) is 0 Å². The van der Waals surface area contributed by atoms with Crippen LogP contribution in [-0.4, -0.2) is 9.91 Å². The Labute approximate surface area is 110 Å². The van der Waals surface area contributed by atoms with Crippen LogP contribution in [-0.2, 0) is 6.54 Å². The molecule has 0 saturated heterocycles. The summed E-state index contributed by atoms with van der Waals surface area (Å²) in [7, 11) is 0. The summed E-state index contributed by atoms with van der Waals surface area (Å²) in [6.45, 7) is 0.283. The van der Waals surface area contributed by atoms with Gasteiger partial charge in [0.05, 0.1) is 27.7 Å². The van der Waals surface area contributed by atoms with Crippen LogP contribution in [0.3, 0.4) is 0 Å². The van der Waals surface area contributed by atoms with Gasteiger partial charge in [-0.05, 0) is 0 Å². The minimum atomic E-state index is -0.706. The van der Waals surface area contributed by atoms with Crippen molar-refractivity contribution in [1.82, 2.24) is 4.98 Å². The minimum absolute atomic E-state index is 0.0786. The molecule has 0 bridgehead atoms. The number of rotatable bonds is 4. The summed E-state index contributed by atoms with van der Waals surface area (Å²) in [5.74, 6) is -0.706. The van der Waals surface area contributed by atoms with Gasteiger partial charge in [0.2, 0.25) is 0 Å². The molecule has 18 heavy (non-hydrogen) atoms. The third-order valence-corrected chi connectivity index (χ3v) is 3.10. The van der Waals surface area contributed by atoms with Crippen LogP contribution < -0.4 is 5.32 Å². The van der Waals surface area contributed by atoms with Gasteiger partial charge in [0, 0.05) is 17.5 Å². The Morgan fingerprint density at radius 2 is 2.33 bits per heavy atom. The summed E-state index contributed by atoms with van der Waals surface area (Å²) < 4.78 is 13.3. The third-order valence-electron chi connectivity index (χ3n) is 2.18. The quantitative estimate of drug-likeness (QED) is 0.691. The molecule has 0 fully saturated rings. The Hall–Kier alpha value is -1.73. The van der Waals surface area contributed by atoms with E-state index < -0.39 is 10.7 Å². The average Bonchev–Trinajstić information content (AvgIpc) is 2.83. The number of hydrogen-bond acceptors (Lipinski definition) is 5.